The van der Waals surface area contributed by atoms with E-state index in [-0.39, 0.29) is 5.69 Å². The van der Waals surface area contributed by atoms with Gasteiger partial charge in [-0.2, -0.15) is 13.2 Å². The second-order valence-corrected chi connectivity index (χ2v) is 4.50. The molecule has 0 radical (unpaired) electrons. The molecule has 0 saturated carbocycles. The van der Waals surface area contributed by atoms with Crippen LogP contribution in [-0.4, -0.2) is 6.54 Å². The van der Waals surface area contributed by atoms with E-state index in [4.69, 9.17) is 6.57 Å². The molecule has 108 valence electrons. The molecular weight excluding hydrogens is 277 g/mol. The molecule has 0 aliphatic heterocycles. The first kappa shape index (κ1) is 14.9. The summed E-state index contributed by atoms with van der Waals surface area (Å²) < 4.78 is 38.5. The third-order valence-electron chi connectivity index (χ3n) is 3.01. The Balaban J connectivity index is 2.06. The van der Waals surface area contributed by atoms with Gasteiger partial charge in [0.15, 0.2) is 5.69 Å². The molecule has 0 unspecified atom stereocenters. The summed E-state index contributed by atoms with van der Waals surface area (Å²) in [5, 5.41) is 2.95. The van der Waals surface area contributed by atoms with Crippen molar-refractivity contribution in [3.8, 4) is 0 Å². The zero-order valence-corrected chi connectivity index (χ0v) is 11.1. The Hall–Kier alpha value is -2.48. The molecule has 2 aromatic carbocycles. The highest BCUT2D eigenvalue weighted by Crippen LogP contribution is 2.37. The maximum absolute atomic E-state index is 12.8. The maximum atomic E-state index is 12.8. The van der Waals surface area contributed by atoms with Crippen LogP contribution in [0.4, 0.5) is 24.5 Å². The fourth-order valence-corrected chi connectivity index (χ4v) is 1.97. The van der Waals surface area contributed by atoms with Crippen LogP contribution in [0.1, 0.15) is 11.1 Å². The van der Waals surface area contributed by atoms with Gasteiger partial charge in [0.2, 0.25) is 0 Å². The molecule has 2 aromatic rings. The van der Waals surface area contributed by atoms with Gasteiger partial charge in [-0.1, -0.05) is 36.4 Å². The van der Waals surface area contributed by atoms with E-state index in [9.17, 15) is 13.2 Å². The topological polar surface area (TPSA) is 16.4 Å². The fraction of sp³-hybridized carbons (Fsp3) is 0.188. The van der Waals surface area contributed by atoms with Crippen LogP contribution in [0.2, 0.25) is 0 Å². The lowest BCUT2D eigenvalue weighted by Crippen LogP contribution is -2.08. The number of alkyl halides is 3. The number of anilines is 1. The summed E-state index contributed by atoms with van der Waals surface area (Å²) in [4.78, 5) is 2.91. The summed E-state index contributed by atoms with van der Waals surface area (Å²) >= 11 is 0. The fourth-order valence-electron chi connectivity index (χ4n) is 1.97. The minimum Gasteiger partial charge on any atom is -0.385 e. The first-order valence-electron chi connectivity index (χ1n) is 6.37. The first-order valence-corrected chi connectivity index (χ1v) is 6.37. The minimum absolute atomic E-state index is 0.366. The van der Waals surface area contributed by atoms with Crippen molar-refractivity contribution in [2.24, 2.45) is 0 Å². The standard InChI is InChI=1S/C16H13F3N2/c1-20-15-8-7-13(11-14(15)16(17,18)19)21-10-9-12-5-3-2-4-6-12/h2-8,11,21H,9-10H2. The SMILES string of the molecule is [C-]#[N+]c1ccc(NCCc2ccccc2)cc1C(F)(F)F. The van der Waals surface area contributed by atoms with Crippen molar-refractivity contribution >= 4 is 11.4 Å². The van der Waals surface area contributed by atoms with Gasteiger partial charge in [-0.3, -0.25) is 0 Å². The first-order chi connectivity index (χ1) is 10.0. The Bertz CT molecular complexity index is 643. The van der Waals surface area contributed by atoms with Crippen LogP contribution < -0.4 is 5.32 Å². The second kappa shape index (κ2) is 6.31. The number of benzene rings is 2. The molecule has 0 saturated heterocycles. The van der Waals surface area contributed by atoms with Crippen molar-refractivity contribution in [3.63, 3.8) is 0 Å². The molecule has 0 spiro atoms. The normalized spacial score (nSPS) is 11.0. The highest BCUT2D eigenvalue weighted by Gasteiger charge is 2.33. The van der Waals surface area contributed by atoms with E-state index in [1.807, 2.05) is 30.3 Å². The largest absolute Gasteiger partial charge is 0.407 e. The summed E-state index contributed by atoms with van der Waals surface area (Å²) in [6.07, 6.45) is -3.80. The molecule has 21 heavy (non-hydrogen) atoms. The minimum atomic E-state index is -4.52. The molecule has 0 heterocycles. The van der Waals surface area contributed by atoms with E-state index in [0.717, 1.165) is 11.6 Å². The summed E-state index contributed by atoms with van der Waals surface area (Å²) in [6.45, 7) is 7.32. The van der Waals surface area contributed by atoms with Crippen molar-refractivity contribution in [2.75, 3.05) is 11.9 Å². The smallest absolute Gasteiger partial charge is 0.385 e. The summed E-state index contributed by atoms with van der Waals surface area (Å²) in [6, 6.07) is 13.3. The lowest BCUT2D eigenvalue weighted by Gasteiger charge is -2.12. The van der Waals surface area contributed by atoms with Crippen LogP contribution >= 0.6 is 0 Å². The van der Waals surface area contributed by atoms with Gasteiger partial charge in [0.1, 0.15) is 0 Å². The molecule has 0 aliphatic rings. The van der Waals surface area contributed by atoms with Gasteiger partial charge in [0.05, 0.1) is 12.1 Å². The predicted octanol–water partition coefficient (Wildman–Crippen LogP) is 4.91. The van der Waals surface area contributed by atoms with Crippen molar-refractivity contribution in [2.45, 2.75) is 12.6 Å². The van der Waals surface area contributed by atoms with Crippen molar-refractivity contribution in [1.82, 2.24) is 0 Å². The Morgan fingerprint density at radius 1 is 1.05 bits per heavy atom. The van der Waals surface area contributed by atoms with E-state index in [2.05, 4.69) is 10.2 Å². The molecule has 1 N–H and O–H groups in total. The predicted molar refractivity (Wildman–Crippen MR) is 76.3 cm³/mol. The molecule has 0 bridgehead atoms. The van der Waals surface area contributed by atoms with Crippen molar-refractivity contribution in [3.05, 3.63) is 71.1 Å². The Kier molecular flexibility index (Phi) is 4.49. The molecule has 2 nitrogen and oxygen atoms in total. The number of nitrogens with one attached hydrogen (secondary N) is 1. The highest BCUT2D eigenvalue weighted by molar-refractivity contribution is 5.61. The van der Waals surface area contributed by atoms with E-state index in [1.165, 1.54) is 12.1 Å². The summed E-state index contributed by atoms with van der Waals surface area (Å²) in [5.41, 5.74) is 0.197. The van der Waals surface area contributed by atoms with E-state index < -0.39 is 11.7 Å². The molecule has 0 aromatic heterocycles. The van der Waals surface area contributed by atoms with Gasteiger partial charge in [-0.15, -0.1) is 0 Å². The summed E-state index contributed by atoms with van der Waals surface area (Å²) in [7, 11) is 0. The number of hydrogen-bond donors (Lipinski definition) is 1. The van der Waals surface area contributed by atoms with E-state index in [0.29, 0.717) is 18.7 Å². The monoisotopic (exact) mass is 290 g/mol. The lowest BCUT2D eigenvalue weighted by molar-refractivity contribution is -0.136. The number of halogens is 3. The van der Waals surface area contributed by atoms with Crippen molar-refractivity contribution < 1.29 is 13.2 Å². The summed E-state index contributed by atoms with van der Waals surface area (Å²) in [5.74, 6) is 0. The average molecular weight is 290 g/mol. The van der Waals surface area contributed by atoms with E-state index >= 15 is 0 Å². The molecule has 5 heteroatoms. The van der Waals surface area contributed by atoms with Crippen LogP contribution in [0.5, 0.6) is 0 Å². The van der Waals surface area contributed by atoms with Crippen LogP contribution in [-0.2, 0) is 12.6 Å². The Morgan fingerprint density at radius 2 is 1.76 bits per heavy atom. The van der Waals surface area contributed by atoms with Gasteiger partial charge in [-0.25, -0.2) is 4.85 Å². The number of hydrogen-bond acceptors (Lipinski definition) is 1. The Morgan fingerprint density at radius 3 is 2.38 bits per heavy atom. The molecular formula is C16H13F3N2. The maximum Gasteiger partial charge on any atom is 0.407 e. The highest BCUT2D eigenvalue weighted by atomic mass is 19.4. The van der Waals surface area contributed by atoms with Crippen molar-refractivity contribution in [1.29, 1.82) is 0 Å². The van der Waals surface area contributed by atoms with E-state index in [1.54, 1.807) is 0 Å². The number of rotatable bonds is 4. The quantitative estimate of drug-likeness (QED) is 0.791. The van der Waals surface area contributed by atoms with Gasteiger partial charge in [-0.05, 0) is 24.1 Å². The molecule has 0 aliphatic carbocycles. The average Bonchev–Trinajstić information content (AvgIpc) is 2.47. The van der Waals surface area contributed by atoms with Gasteiger partial charge < -0.3 is 5.32 Å². The van der Waals surface area contributed by atoms with Gasteiger partial charge >= 0.3 is 6.18 Å². The molecule has 0 atom stereocenters. The van der Waals surface area contributed by atoms with Crippen LogP contribution in [0.25, 0.3) is 4.85 Å². The molecule has 0 fully saturated rings. The Labute approximate surface area is 121 Å². The second-order valence-electron chi connectivity index (χ2n) is 4.50. The van der Waals surface area contributed by atoms with Crippen LogP contribution in [0, 0.1) is 6.57 Å². The molecule has 2 rings (SSSR count). The van der Waals surface area contributed by atoms with Crippen LogP contribution in [0.15, 0.2) is 48.5 Å². The zero-order valence-electron chi connectivity index (χ0n) is 11.1. The van der Waals surface area contributed by atoms with Crippen LogP contribution in [0.3, 0.4) is 0 Å². The lowest BCUT2D eigenvalue weighted by atomic mass is 10.1. The number of nitrogens with zero attached hydrogens (tertiary/aromatic N) is 1. The van der Waals surface area contributed by atoms with Gasteiger partial charge in [0, 0.05) is 12.2 Å². The third kappa shape index (κ3) is 3.99. The zero-order chi connectivity index (χ0) is 15.3. The third-order valence-corrected chi connectivity index (χ3v) is 3.01. The van der Waals surface area contributed by atoms with Gasteiger partial charge in [0.25, 0.3) is 0 Å². The molecule has 0 amide bonds.